The molecule has 104 valence electrons. The largest absolute Gasteiger partial charge is 1.00 e. The zero-order chi connectivity index (χ0) is 13.0. The fourth-order valence-corrected chi connectivity index (χ4v) is 4.83. The summed E-state index contributed by atoms with van der Waals surface area (Å²) in [6.07, 6.45) is 9.32. The normalized spacial score (nSPS) is 13.9. The van der Waals surface area contributed by atoms with Gasteiger partial charge in [-0.1, -0.05) is 64.2 Å². The summed E-state index contributed by atoms with van der Waals surface area (Å²) in [6.45, 7) is 4.91. The first-order chi connectivity index (χ1) is 8.12. The smallest absolute Gasteiger partial charge is 0.793 e. The summed E-state index contributed by atoms with van der Waals surface area (Å²) >= 11 is 6.34. The zero-order valence-electron chi connectivity index (χ0n) is 12.2. The maximum absolute atomic E-state index is 11.8. The Morgan fingerprint density at radius 3 is 2.11 bits per heavy atom. The zero-order valence-corrected chi connectivity index (χ0v) is 17.8. The van der Waals surface area contributed by atoms with Crippen LogP contribution in [-0.4, -0.2) is 12.4 Å². The molecule has 1 atom stereocenters. The molecule has 0 aliphatic carbocycles. The Kier molecular flexibility index (Phi) is 20.2. The van der Waals surface area contributed by atoms with Crippen LogP contribution in [0, 0.1) is 0 Å². The molecular weight excluding hydrogens is 310 g/mol. The van der Waals surface area contributed by atoms with Crippen LogP contribution < -0.4 is 56.3 Å². The molecule has 0 amide bonds. The van der Waals surface area contributed by atoms with Crippen LogP contribution in [0.2, 0.25) is 0 Å². The molecule has 0 spiro atoms. The maximum atomic E-state index is 11.8. The van der Waals surface area contributed by atoms with Crippen LogP contribution >= 0.6 is 17.1 Å². The van der Waals surface area contributed by atoms with Gasteiger partial charge in [0.2, 0.25) is 0 Å². The van der Waals surface area contributed by atoms with Gasteiger partial charge in [-0.3, -0.25) is 0 Å². The van der Waals surface area contributed by atoms with E-state index >= 15 is 0 Å². The standard InChI is InChI=1S/C12H27O2PS2.K/c1-3-5-7-9-11-14-15(13,16)17-12-10-8-6-4-2;/h3-12H2,1-2H3,(H,13,16);/q;+1/p-1. The first-order valence-corrected chi connectivity index (χ1v) is 11.0. The molecule has 6 heteroatoms. The van der Waals surface area contributed by atoms with Gasteiger partial charge in [0.25, 0.3) is 0 Å². The summed E-state index contributed by atoms with van der Waals surface area (Å²) in [5.41, 5.74) is -2.79. The summed E-state index contributed by atoms with van der Waals surface area (Å²) in [5.74, 6) is 0.871. The molecule has 0 saturated heterocycles. The minimum Gasteiger partial charge on any atom is -0.793 e. The Balaban J connectivity index is 0. The molecule has 18 heavy (non-hydrogen) atoms. The third-order valence-corrected chi connectivity index (χ3v) is 6.86. The molecule has 1 unspecified atom stereocenters. The van der Waals surface area contributed by atoms with Gasteiger partial charge in [0.1, 0.15) is 0 Å². The van der Waals surface area contributed by atoms with Crippen LogP contribution in [0.25, 0.3) is 0 Å². The molecule has 0 aliphatic heterocycles. The summed E-state index contributed by atoms with van der Waals surface area (Å²) in [7, 11) is 0. The first kappa shape index (κ1) is 22.8. The van der Waals surface area contributed by atoms with Gasteiger partial charge in [-0.15, -0.1) is 11.4 Å². The third-order valence-electron chi connectivity index (χ3n) is 2.49. The summed E-state index contributed by atoms with van der Waals surface area (Å²) < 4.78 is 5.32. The van der Waals surface area contributed by atoms with Gasteiger partial charge >= 0.3 is 51.4 Å². The van der Waals surface area contributed by atoms with Crippen molar-refractivity contribution in [2.45, 2.75) is 65.2 Å². The third kappa shape index (κ3) is 16.6. The molecule has 0 saturated carbocycles. The molecule has 0 aromatic carbocycles. The number of rotatable bonds is 12. The fourth-order valence-electron chi connectivity index (χ4n) is 1.45. The minimum atomic E-state index is -2.79. The van der Waals surface area contributed by atoms with Crippen molar-refractivity contribution < 1.29 is 60.8 Å². The summed E-state index contributed by atoms with van der Waals surface area (Å²) in [6, 6.07) is 0. The van der Waals surface area contributed by atoms with Crippen LogP contribution in [-0.2, 0) is 16.3 Å². The number of hydrogen-bond donors (Lipinski definition) is 0. The average Bonchev–Trinajstić information content (AvgIpc) is 2.28. The van der Waals surface area contributed by atoms with Gasteiger partial charge in [0.15, 0.2) is 0 Å². The second-order valence-corrected chi connectivity index (χ2v) is 10.4. The molecule has 0 aromatic heterocycles. The van der Waals surface area contributed by atoms with Crippen molar-refractivity contribution in [3.05, 3.63) is 0 Å². The molecule has 0 bridgehead atoms. The van der Waals surface area contributed by atoms with E-state index in [9.17, 15) is 4.89 Å². The Morgan fingerprint density at radius 1 is 1.00 bits per heavy atom. The van der Waals surface area contributed by atoms with Crippen molar-refractivity contribution in [1.82, 2.24) is 0 Å². The minimum absolute atomic E-state index is 0. The Bertz CT molecular complexity index is 200. The van der Waals surface area contributed by atoms with E-state index < -0.39 is 5.69 Å². The molecule has 0 aromatic rings. The van der Waals surface area contributed by atoms with E-state index in [0.717, 1.165) is 25.0 Å². The quantitative estimate of drug-likeness (QED) is 0.307. The number of hydrogen-bond acceptors (Lipinski definition) is 4. The van der Waals surface area contributed by atoms with Crippen LogP contribution in [0.15, 0.2) is 0 Å². The average molecular weight is 337 g/mol. The summed E-state index contributed by atoms with van der Waals surface area (Å²) in [5, 5.41) is 0. The molecule has 2 nitrogen and oxygen atoms in total. The van der Waals surface area contributed by atoms with Crippen molar-refractivity contribution in [1.29, 1.82) is 0 Å². The number of unbranched alkanes of at least 4 members (excludes halogenated alkanes) is 6. The van der Waals surface area contributed by atoms with Crippen molar-refractivity contribution >= 4 is 28.9 Å². The molecule has 0 fully saturated rings. The van der Waals surface area contributed by atoms with E-state index in [4.69, 9.17) is 16.3 Å². The van der Waals surface area contributed by atoms with Gasteiger partial charge in [0.05, 0.1) is 6.61 Å². The van der Waals surface area contributed by atoms with Crippen LogP contribution in [0.3, 0.4) is 0 Å². The van der Waals surface area contributed by atoms with Crippen molar-refractivity contribution in [2.24, 2.45) is 0 Å². The van der Waals surface area contributed by atoms with Crippen LogP contribution in [0.5, 0.6) is 0 Å². The van der Waals surface area contributed by atoms with Gasteiger partial charge < -0.3 is 9.42 Å². The van der Waals surface area contributed by atoms with Gasteiger partial charge in [-0.2, -0.15) is 0 Å². The molecule has 0 aliphatic rings. The Hall–Kier alpha value is 2.56. The predicted molar refractivity (Wildman–Crippen MR) is 81.0 cm³/mol. The van der Waals surface area contributed by atoms with E-state index in [-0.39, 0.29) is 51.4 Å². The van der Waals surface area contributed by atoms with Crippen molar-refractivity contribution in [3.63, 3.8) is 0 Å². The molecule has 0 radical (unpaired) electrons. The SMILES string of the molecule is CCCCCCOP([O-])(=S)SCCCCCC.[K+]. The monoisotopic (exact) mass is 336 g/mol. The van der Waals surface area contributed by atoms with Gasteiger partial charge in [-0.05, 0) is 18.6 Å². The second kappa shape index (κ2) is 15.9. The van der Waals surface area contributed by atoms with Gasteiger partial charge in [0, 0.05) is 5.69 Å². The van der Waals surface area contributed by atoms with Crippen LogP contribution in [0.1, 0.15) is 65.2 Å². The maximum Gasteiger partial charge on any atom is 1.00 e. The van der Waals surface area contributed by atoms with E-state index in [0.29, 0.717) is 6.61 Å². The molecule has 0 rings (SSSR count). The predicted octanol–water partition coefficient (Wildman–Crippen LogP) is 1.49. The second-order valence-electron chi connectivity index (χ2n) is 4.23. The van der Waals surface area contributed by atoms with Gasteiger partial charge in [-0.25, -0.2) is 0 Å². The van der Waals surface area contributed by atoms with E-state index in [1.54, 1.807) is 0 Å². The molecular formula is C12H26KO2PS2. The fraction of sp³-hybridized carbons (Fsp3) is 1.00. The Morgan fingerprint density at radius 2 is 1.56 bits per heavy atom. The van der Waals surface area contributed by atoms with Crippen LogP contribution in [0.4, 0.5) is 0 Å². The van der Waals surface area contributed by atoms with Crippen molar-refractivity contribution in [3.8, 4) is 0 Å². The van der Waals surface area contributed by atoms with E-state index in [2.05, 4.69) is 13.8 Å². The molecule has 0 heterocycles. The molecule has 0 N–H and O–H groups in total. The topological polar surface area (TPSA) is 32.3 Å². The first-order valence-electron chi connectivity index (χ1n) is 6.72. The van der Waals surface area contributed by atoms with E-state index in [1.807, 2.05) is 0 Å². The van der Waals surface area contributed by atoms with Crippen molar-refractivity contribution in [2.75, 3.05) is 12.4 Å². The Labute approximate surface area is 165 Å². The van der Waals surface area contributed by atoms with E-state index in [1.165, 1.54) is 43.5 Å². The summed E-state index contributed by atoms with van der Waals surface area (Å²) in [4.78, 5) is 11.8.